The maximum Gasteiger partial charge on any atom is 0.161 e. The molecule has 0 bridgehead atoms. The molecule has 0 aliphatic carbocycles. The fraction of sp³-hybridized carbons (Fsp3) is 0.391. The summed E-state index contributed by atoms with van der Waals surface area (Å²) in [6, 6.07) is 10.9. The van der Waals surface area contributed by atoms with Crippen molar-refractivity contribution in [2.24, 2.45) is 0 Å². The van der Waals surface area contributed by atoms with Crippen LogP contribution in [0.4, 0.5) is 11.4 Å². The van der Waals surface area contributed by atoms with Gasteiger partial charge in [0.15, 0.2) is 11.5 Å². The number of ether oxygens (including phenoxy) is 3. The lowest BCUT2D eigenvalue weighted by Gasteiger charge is -2.33. The van der Waals surface area contributed by atoms with Gasteiger partial charge in [-0.2, -0.15) is 0 Å². The summed E-state index contributed by atoms with van der Waals surface area (Å²) in [6.45, 7) is 8.93. The summed E-state index contributed by atoms with van der Waals surface area (Å²) in [5.41, 5.74) is 4.42. The number of para-hydroxylation sites is 1. The minimum absolute atomic E-state index is 0.0784. The van der Waals surface area contributed by atoms with E-state index < -0.39 is 15.9 Å². The molecule has 2 aromatic rings. The van der Waals surface area contributed by atoms with Gasteiger partial charge in [0.25, 0.3) is 0 Å². The van der Waals surface area contributed by atoms with Crippen LogP contribution in [-0.2, 0) is 14.6 Å². The van der Waals surface area contributed by atoms with Gasteiger partial charge in [-0.15, -0.1) is 0 Å². The quantitative estimate of drug-likeness (QED) is 0.655. The summed E-state index contributed by atoms with van der Waals surface area (Å²) in [7, 11) is -1.73. The Hall–Kier alpha value is -2.71. The minimum Gasteiger partial charge on any atom is -0.493 e. The molecule has 1 atom stereocenters. The lowest BCUT2D eigenvalue weighted by Crippen LogP contribution is -2.34. The number of methoxy groups -OCH3 is 1. The molecule has 1 heterocycles. The smallest absolute Gasteiger partial charge is 0.161 e. The first-order valence-electron chi connectivity index (χ1n) is 10.1. The number of fused-ring (bicyclic) bond motifs is 1. The highest BCUT2D eigenvalue weighted by Crippen LogP contribution is 2.40. The second kappa shape index (κ2) is 9.62. The number of allylic oxidation sites excluding steroid dienone is 1. The molecular formula is C23H30N2O5S. The van der Waals surface area contributed by atoms with E-state index in [0.29, 0.717) is 24.8 Å². The van der Waals surface area contributed by atoms with E-state index >= 15 is 0 Å². The molecule has 0 spiro atoms. The van der Waals surface area contributed by atoms with Crippen LogP contribution in [-0.4, -0.2) is 47.6 Å². The van der Waals surface area contributed by atoms with Crippen LogP contribution in [0.25, 0.3) is 5.57 Å². The molecule has 0 unspecified atom stereocenters. The fourth-order valence-corrected chi connectivity index (χ4v) is 4.68. The Balaban J connectivity index is 2.16. The molecular weight excluding hydrogens is 416 g/mol. The van der Waals surface area contributed by atoms with Gasteiger partial charge in [-0.3, -0.25) is 0 Å². The van der Waals surface area contributed by atoms with Crippen LogP contribution in [0.2, 0.25) is 0 Å². The molecule has 1 aliphatic heterocycles. The maximum atomic E-state index is 12.4. The third-order valence-corrected chi connectivity index (χ3v) is 6.02. The first-order valence-corrected chi connectivity index (χ1v) is 12.2. The standard InChI is InChI=1S/C23H30N2O5S/c1-6-30-22-12-17(10-11-21(22)28-4)20(13-31(5,26)27)25-15-29-14-24-23-18(16(2)3)8-7-9-19(23)25/h7-12,20,24H,2,6,13-15H2,1,3-5H3/t20-/m0/s1. The molecule has 0 radical (unpaired) electrons. The SMILES string of the molecule is C=C(C)c1cccc2c1NCOCN2[C@@H](CS(C)(=O)=O)c1ccc(OC)c(OCC)c1. The summed E-state index contributed by atoms with van der Waals surface area (Å²) in [4.78, 5) is 1.97. The van der Waals surface area contributed by atoms with E-state index in [4.69, 9.17) is 14.2 Å². The monoisotopic (exact) mass is 446 g/mol. The van der Waals surface area contributed by atoms with Gasteiger partial charge in [0.2, 0.25) is 0 Å². The number of rotatable bonds is 8. The Bertz CT molecular complexity index is 1050. The van der Waals surface area contributed by atoms with Crippen molar-refractivity contribution in [1.82, 2.24) is 0 Å². The molecule has 31 heavy (non-hydrogen) atoms. The number of hydrogen-bond donors (Lipinski definition) is 1. The van der Waals surface area contributed by atoms with Crippen molar-refractivity contribution in [3.05, 3.63) is 54.1 Å². The third-order valence-electron chi connectivity index (χ3n) is 5.10. The molecule has 8 heteroatoms. The van der Waals surface area contributed by atoms with E-state index in [1.807, 2.05) is 49.1 Å². The zero-order valence-electron chi connectivity index (χ0n) is 18.5. The second-order valence-electron chi connectivity index (χ2n) is 7.56. The molecule has 0 amide bonds. The zero-order valence-corrected chi connectivity index (χ0v) is 19.3. The Kier molecular flexibility index (Phi) is 7.12. The molecule has 2 aromatic carbocycles. The summed E-state index contributed by atoms with van der Waals surface area (Å²) in [6.07, 6.45) is 1.25. The van der Waals surface area contributed by atoms with Gasteiger partial charge in [0, 0.05) is 11.8 Å². The Labute approximate surface area is 184 Å². The molecule has 0 aromatic heterocycles. The Morgan fingerprint density at radius 1 is 1.29 bits per heavy atom. The van der Waals surface area contributed by atoms with Crippen LogP contribution in [0.5, 0.6) is 11.5 Å². The van der Waals surface area contributed by atoms with Gasteiger partial charge < -0.3 is 24.4 Å². The van der Waals surface area contributed by atoms with E-state index in [0.717, 1.165) is 28.1 Å². The van der Waals surface area contributed by atoms with Crippen LogP contribution in [0.15, 0.2) is 43.0 Å². The predicted molar refractivity (Wildman–Crippen MR) is 125 cm³/mol. The van der Waals surface area contributed by atoms with Gasteiger partial charge >= 0.3 is 0 Å². The largest absolute Gasteiger partial charge is 0.493 e. The van der Waals surface area contributed by atoms with Crippen LogP contribution >= 0.6 is 0 Å². The lowest BCUT2D eigenvalue weighted by molar-refractivity contribution is 0.150. The number of nitrogens with one attached hydrogen (secondary N) is 1. The number of anilines is 2. The molecule has 0 saturated carbocycles. The van der Waals surface area contributed by atoms with Crippen molar-refractivity contribution in [2.45, 2.75) is 19.9 Å². The van der Waals surface area contributed by atoms with Crippen molar-refractivity contribution in [1.29, 1.82) is 0 Å². The second-order valence-corrected chi connectivity index (χ2v) is 9.74. The number of hydrogen-bond acceptors (Lipinski definition) is 7. The van der Waals surface area contributed by atoms with E-state index in [9.17, 15) is 8.42 Å². The fourth-order valence-electron chi connectivity index (χ4n) is 3.74. The lowest BCUT2D eigenvalue weighted by atomic mass is 10.0. The molecule has 3 rings (SSSR count). The van der Waals surface area contributed by atoms with Crippen molar-refractivity contribution >= 4 is 26.8 Å². The van der Waals surface area contributed by atoms with E-state index in [2.05, 4.69) is 11.9 Å². The van der Waals surface area contributed by atoms with Crippen molar-refractivity contribution < 1.29 is 22.6 Å². The highest BCUT2D eigenvalue weighted by atomic mass is 32.2. The minimum atomic E-state index is -3.31. The molecule has 168 valence electrons. The van der Waals surface area contributed by atoms with E-state index in [1.165, 1.54) is 6.26 Å². The van der Waals surface area contributed by atoms with Crippen LogP contribution in [0.3, 0.4) is 0 Å². The molecule has 0 saturated heterocycles. The predicted octanol–water partition coefficient (Wildman–Crippen LogP) is 4.08. The van der Waals surface area contributed by atoms with Crippen molar-refractivity contribution in [3.8, 4) is 11.5 Å². The average molecular weight is 447 g/mol. The summed E-state index contributed by atoms with van der Waals surface area (Å²) in [5.74, 6) is 1.10. The van der Waals surface area contributed by atoms with Gasteiger partial charge in [0.1, 0.15) is 23.3 Å². The summed E-state index contributed by atoms with van der Waals surface area (Å²) >= 11 is 0. The average Bonchev–Trinajstić information content (AvgIpc) is 2.94. The van der Waals surface area contributed by atoms with Gasteiger partial charge in [-0.05, 0) is 43.2 Å². The highest BCUT2D eigenvalue weighted by Gasteiger charge is 2.29. The first-order chi connectivity index (χ1) is 14.7. The number of benzene rings is 2. The third kappa shape index (κ3) is 5.32. The van der Waals surface area contributed by atoms with E-state index in [-0.39, 0.29) is 12.5 Å². The molecule has 0 fully saturated rings. The number of nitrogens with zero attached hydrogens (tertiary/aromatic N) is 1. The van der Waals surface area contributed by atoms with E-state index in [1.54, 1.807) is 13.2 Å². The van der Waals surface area contributed by atoms with Gasteiger partial charge in [-0.25, -0.2) is 8.42 Å². The molecule has 1 N–H and O–H groups in total. The first kappa shape index (κ1) is 23.0. The molecule has 7 nitrogen and oxygen atoms in total. The van der Waals surface area contributed by atoms with Crippen LogP contribution in [0, 0.1) is 0 Å². The summed E-state index contributed by atoms with van der Waals surface area (Å²) in [5, 5.41) is 3.31. The highest BCUT2D eigenvalue weighted by molar-refractivity contribution is 7.90. The Morgan fingerprint density at radius 3 is 2.71 bits per heavy atom. The van der Waals surface area contributed by atoms with Crippen LogP contribution in [0.1, 0.15) is 31.0 Å². The molecule has 1 aliphatic rings. The Morgan fingerprint density at radius 2 is 2.06 bits per heavy atom. The van der Waals surface area contributed by atoms with Crippen molar-refractivity contribution in [2.75, 3.05) is 49.4 Å². The topological polar surface area (TPSA) is 77.1 Å². The van der Waals surface area contributed by atoms with Crippen LogP contribution < -0.4 is 19.7 Å². The van der Waals surface area contributed by atoms with Crippen molar-refractivity contribution in [3.63, 3.8) is 0 Å². The summed E-state index contributed by atoms with van der Waals surface area (Å²) < 4.78 is 41.7. The normalized spacial score (nSPS) is 14.8. The van der Waals surface area contributed by atoms with Gasteiger partial charge in [-0.1, -0.05) is 24.8 Å². The maximum absolute atomic E-state index is 12.4. The number of sulfone groups is 1. The zero-order chi connectivity index (χ0) is 22.6. The van der Waals surface area contributed by atoms with Gasteiger partial charge in [0.05, 0.1) is 36.9 Å².